The molecule has 0 aromatic heterocycles. The van der Waals surface area contributed by atoms with E-state index in [9.17, 15) is 73.2 Å². The van der Waals surface area contributed by atoms with Crippen LogP contribution in [0.3, 0.4) is 0 Å². The highest BCUT2D eigenvalue weighted by Gasteiger charge is 2.38. The molecule has 1 aliphatic heterocycles. The third-order valence-electron chi connectivity index (χ3n) is 13.5. The van der Waals surface area contributed by atoms with Gasteiger partial charge in [0.2, 0.25) is 47.3 Å². The fraction of sp³-hybridized carbons (Fsp3) is 0.788. The van der Waals surface area contributed by atoms with E-state index in [1.54, 1.807) is 13.8 Å². The van der Waals surface area contributed by atoms with Crippen molar-refractivity contribution in [2.24, 2.45) is 46.6 Å². The SMILES string of the molecule is CCCCCCCC(=O)C[C@@H](CO)C(=O)N[C@H](C(=O)C[C@@H](CCN)C(=O)N[C@H]1CCNC(=O)[C@H]([C@@H](C)O)NC(=O)[C@H](CCN)NC(=O)[C@H](CCN)NC(=O)[C@H]([C@@H](C)O)NC(=O)[C@@H](CC(C)C)CC(=O)[C@H](CCN)NC1=O)[C@@H](C)O. The van der Waals surface area contributed by atoms with Gasteiger partial charge in [0.25, 0.3) is 0 Å². The number of hydrogen-bond donors (Lipinski definition) is 16. The predicted molar refractivity (Wildman–Crippen MR) is 290 cm³/mol. The molecule has 1 rings (SSSR count). The van der Waals surface area contributed by atoms with Gasteiger partial charge in [0.05, 0.1) is 36.9 Å². The first-order chi connectivity index (χ1) is 37.3. The fourth-order valence-corrected chi connectivity index (χ4v) is 8.92. The van der Waals surface area contributed by atoms with Crippen molar-refractivity contribution >= 4 is 64.6 Å². The van der Waals surface area contributed by atoms with Crippen molar-refractivity contribution in [2.75, 3.05) is 39.3 Å². The van der Waals surface area contributed by atoms with Crippen LogP contribution in [-0.4, -0.2) is 185 Å². The van der Waals surface area contributed by atoms with Gasteiger partial charge in [-0.15, -0.1) is 0 Å². The Hall–Kier alpha value is -5.55. The van der Waals surface area contributed by atoms with Crippen LogP contribution >= 0.6 is 0 Å². The smallest absolute Gasteiger partial charge is 0.245 e. The van der Waals surface area contributed by atoms with E-state index >= 15 is 0 Å². The summed E-state index contributed by atoms with van der Waals surface area (Å²) in [7, 11) is 0. The molecule has 0 aromatic rings. The molecule has 0 spiro atoms. The molecule has 0 radical (unpaired) electrons. The van der Waals surface area contributed by atoms with Crippen molar-refractivity contribution in [1.82, 2.24) is 42.5 Å². The monoisotopic (exact) mass is 1130 g/mol. The Kier molecular flexibility index (Phi) is 34.5. The van der Waals surface area contributed by atoms with Gasteiger partial charge in [0, 0.05) is 44.1 Å². The van der Waals surface area contributed by atoms with E-state index in [1.165, 1.54) is 20.8 Å². The van der Waals surface area contributed by atoms with Crippen molar-refractivity contribution in [3.63, 3.8) is 0 Å². The third kappa shape index (κ3) is 26.1. The number of rotatable bonds is 29. The minimum absolute atomic E-state index is 0.0748. The van der Waals surface area contributed by atoms with E-state index in [0.29, 0.717) is 6.42 Å². The topological polar surface area (TPSA) is 469 Å². The molecule has 1 heterocycles. The molecule has 1 saturated heterocycles. The summed E-state index contributed by atoms with van der Waals surface area (Å²) in [5, 5.41) is 62.0. The Morgan fingerprint density at radius 1 is 0.620 bits per heavy atom. The zero-order valence-corrected chi connectivity index (χ0v) is 47.0. The molecule has 0 saturated carbocycles. The minimum atomic E-state index is -1.69. The maximum Gasteiger partial charge on any atom is 0.245 e. The van der Waals surface area contributed by atoms with E-state index in [0.717, 1.165) is 25.7 Å². The Morgan fingerprint density at radius 3 is 1.68 bits per heavy atom. The van der Waals surface area contributed by atoms with Crippen molar-refractivity contribution < 1.29 is 73.2 Å². The number of nitrogens with one attached hydrogen (secondary N) is 8. The maximum atomic E-state index is 14.4. The van der Waals surface area contributed by atoms with Crippen molar-refractivity contribution in [1.29, 1.82) is 0 Å². The van der Waals surface area contributed by atoms with E-state index in [4.69, 9.17) is 22.9 Å². The van der Waals surface area contributed by atoms with E-state index in [1.807, 2.05) is 0 Å². The lowest BCUT2D eigenvalue weighted by Gasteiger charge is -2.28. The zero-order valence-electron chi connectivity index (χ0n) is 47.0. The number of hydrogen-bond acceptors (Lipinski definition) is 19. The molecule has 13 atom stereocenters. The highest BCUT2D eigenvalue weighted by molar-refractivity contribution is 5.99. The summed E-state index contributed by atoms with van der Waals surface area (Å²) in [6, 6.07) is -10.9. The third-order valence-corrected chi connectivity index (χ3v) is 13.5. The average molecular weight is 1130 g/mol. The number of Topliss-reactive ketones (excluding diaryl/α,β-unsaturated/α-hetero) is 3. The van der Waals surface area contributed by atoms with Gasteiger partial charge in [-0.3, -0.25) is 52.7 Å². The van der Waals surface area contributed by atoms with Crippen LogP contribution in [0.4, 0.5) is 0 Å². The fourth-order valence-electron chi connectivity index (χ4n) is 8.92. The molecule has 79 heavy (non-hydrogen) atoms. The summed E-state index contributed by atoms with van der Waals surface area (Å²) in [5.41, 5.74) is 23.3. The molecular formula is C52H94N12O15. The van der Waals surface area contributed by atoms with Gasteiger partial charge in [0.1, 0.15) is 42.0 Å². The van der Waals surface area contributed by atoms with Crippen LogP contribution in [0.1, 0.15) is 138 Å². The second-order valence-electron chi connectivity index (χ2n) is 21.0. The molecule has 0 aromatic carbocycles. The molecule has 8 amide bonds. The van der Waals surface area contributed by atoms with Crippen molar-refractivity contribution in [2.45, 2.75) is 198 Å². The van der Waals surface area contributed by atoms with Crippen LogP contribution in [0.5, 0.6) is 0 Å². The highest BCUT2D eigenvalue weighted by Crippen LogP contribution is 2.20. The summed E-state index contributed by atoms with van der Waals surface area (Å²) in [6.45, 7) is 7.37. The van der Waals surface area contributed by atoms with E-state index in [-0.39, 0.29) is 82.8 Å². The molecule has 0 bridgehead atoms. The average Bonchev–Trinajstić information content (AvgIpc) is 3.37. The molecule has 20 N–H and O–H groups in total. The molecule has 0 aliphatic carbocycles. The number of carbonyl (C=O) groups is 11. The lowest BCUT2D eigenvalue weighted by atomic mass is 9.88. The Morgan fingerprint density at radius 2 is 1.15 bits per heavy atom. The lowest BCUT2D eigenvalue weighted by Crippen LogP contribution is -2.61. The predicted octanol–water partition coefficient (Wildman–Crippen LogP) is -4.44. The summed E-state index contributed by atoms with van der Waals surface area (Å²) in [5.74, 6) is -13.3. The van der Waals surface area contributed by atoms with Crippen LogP contribution in [-0.2, 0) is 52.7 Å². The van der Waals surface area contributed by atoms with Gasteiger partial charge in [-0.2, -0.15) is 0 Å². The van der Waals surface area contributed by atoms with Gasteiger partial charge >= 0.3 is 0 Å². The maximum absolute atomic E-state index is 14.4. The summed E-state index contributed by atoms with van der Waals surface area (Å²) >= 11 is 0. The van der Waals surface area contributed by atoms with Crippen LogP contribution in [0.15, 0.2) is 0 Å². The first kappa shape index (κ1) is 71.5. The molecular weight excluding hydrogens is 1030 g/mol. The van der Waals surface area contributed by atoms with Crippen LogP contribution in [0, 0.1) is 23.7 Å². The van der Waals surface area contributed by atoms with Gasteiger partial charge in [-0.05, 0) is 97.8 Å². The summed E-state index contributed by atoms with van der Waals surface area (Å²) in [4.78, 5) is 152. The van der Waals surface area contributed by atoms with Crippen LogP contribution in [0.2, 0.25) is 0 Å². The lowest BCUT2D eigenvalue weighted by molar-refractivity contribution is -0.138. The zero-order chi connectivity index (χ0) is 59.9. The Bertz CT molecular complexity index is 1990. The van der Waals surface area contributed by atoms with Crippen molar-refractivity contribution in [3.8, 4) is 0 Å². The van der Waals surface area contributed by atoms with Crippen LogP contribution < -0.4 is 65.5 Å². The first-order valence-electron chi connectivity index (χ1n) is 27.7. The van der Waals surface area contributed by atoms with Crippen molar-refractivity contribution in [3.05, 3.63) is 0 Å². The standard InChI is InChI=1S/C52H94N12O15/c1-7-8-9-10-11-12-35(69)24-34(27-65)47(74)62-42(29(4)66)41(71)25-32(13-18-53)45(72)59-39-17-22-57-51(78)43(30(5)67)64-50(77)38(16-21-56)60-48(75)37(15-20-55)61-52(79)44(31(6)68)63-46(73)33(23-28(2)3)26-40(70)36(14-19-54)58-49(39)76/h28-34,36-39,42-44,65-68H,7-27,53-56H2,1-6H3,(H,57,78)(H,58,76)(H,59,72)(H,60,75)(H,61,79)(H,62,74)(H,63,73)(H,64,77)/t29-,30-,31-,32-,33+,34+,36+,37+,38+,39+,42+,43+,44+/m1/s1. The second kappa shape index (κ2) is 38.2. The first-order valence-corrected chi connectivity index (χ1v) is 27.7. The minimum Gasteiger partial charge on any atom is -0.396 e. The number of unbranched alkanes of at least 4 members (excludes halogenated alkanes) is 4. The Labute approximate surface area is 463 Å². The molecule has 27 nitrogen and oxygen atoms in total. The highest BCUT2D eigenvalue weighted by atomic mass is 16.3. The van der Waals surface area contributed by atoms with Gasteiger partial charge in [0.15, 0.2) is 11.6 Å². The quantitative estimate of drug-likeness (QED) is 0.0314. The van der Waals surface area contributed by atoms with E-state index in [2.05, 4.69) is 49.5 Å². The molecule has 0 unspecified atom stereocenters. The molecule has 1 fully saturated rings. The molecule has 1 aliphatic rings. The van der Waals surface area contributed by atoms with Gasteiger partial charge < -0.3 is 85.9 Å². The number of amides is 8. The number of carbonyl (C=O) groups excluding carboxylic acids is 11. The van der Waals surface area contributed by atoms with Crippen LogP contribution in [0.25, 0.3) is 0 Å². The summed E-state index contributed by atoms with van der Waals surface area (Å²) in [6.07, 6.45) is -2.62. The summed E-state index contributed by atoms with van der Waals surface area (Å²) < 4.78 is 0. The normalized spacial score (nSPS) is 24.0. The number of aliphatic hydroxyl groups excluding tert-OH is 4. The Balaban J connectivity index is 3.79. The van der Waals surface area contributed by atoms with Gasteiger partial charge in [-0.25, -0.2) is 0 Å². The molecule has 27 heteroatoms. The number of ketones is 3. The largest absolute Gasteiger partial charge is 0.396 e. The number of nitrogens with two attached hydrogens (primary N) is 4. The van der Waals surface area contributed by atoms with E-state index < -0.39 is 170 Å². The molecule has 452 valence electrons. The number of aliphatic hydroxyl groups is 4. The second-order valence-corrected chi connectivity index (χ2v) is 21.0. The van der Waals surface area contributed by atoms with Gasteiger partial charge in [-0.1, -0.05) is 46.5 Å².